The molecule has 4 heteroatoms. The predicted octanol–water partition coefficient (Wildman–Crippen LogP) is 12.3. The largest absolute Gasteiger partial charge is 0.309 e. The highest BCUT2D eigenvalue weighted by Gasteiger charge is 2.23. The summed E-state index contributed by atoms with van der Waals surface area (Å²) in [5.74, 6) is 0.813. The van der Waals surface area contributed by atoms with Crippen LogP contribution in [0, 0.1) is 0 Å². The fourth-order valence-corrected chi connectivity index (χ4v) is 8.20. The smallest absolute Gasteiger partial charge is 0.165 e. The van der Waals surface area contributed by atoms with Gasteiger partial charge in [-0.05, 0) is 58.8 Å². The molecule has 11 rings (SSSR count). The van der Waals surface area contributed by atoms with E-state index in [9.17, 15) is 0 Å². The van der Waals surface area contributed by atoms with Crippen LogP contribution in [0.15, 0.2) is 182 Å². The molecule has 11 aromatic rings. The molecule has 0 saturated heterocycles. The molecule has 52 heavy (non-hydrogen) atoms. The van der Waals surface area contributed by atoms with Crippen LogP contribution in [0.25, 0.3) is 99.3 Å². The average Bonchev–Trinajstić information content (AvgIpc) is 3.72. The quantitative estimate of drug-likeness (QED) is 0.188. The first-order valence-corrected chi connectivity index (χ1v) is 17.7. The van der Waals surface area contributed by atoms with Crippen LogP contribution in [-0.4, -0.2) is 19.1 Å². The molecule has 242 valence electrons. The van der Waals surface area contributed by atoms with E-state index in [0.717, 1.165) is 50.3 Å². The summed E-state index contributed by atoms with van der Waals surface area (Å²) in [7, 11) is 0. The molecule has 0 radical (unpaired) electrons. The maximum Gasteiger partial charge on any atom is 0.165 e. The molecule has 0 spiro atoms. The number of para-hydroxylation sites is 4. The van der Waals surface area contributed by atoms with Crippen LogP contribution in [0.3, 0.4) is 0 Å². The third-order valence-corrected chi connectivity index (χ3v) is 10.5. The van der Waals surface area contributed by atoms with Gasteiger partial charge in [-0.2, -0.15) is 0 Å². The average molecular weight is 663 g/mol. The molecule has 0 aliphatic carbocycles. The molecular formula is C48H30N4. The van der Waals surface area contributed by atoms with Crippen molar-refractivity contribution in [2.24, 2.45) is 0 Å². The zero-order valence-corrected chi connectivity index (χ0v) is 28.1. The van der Waals surface area contributed by atoms with E-state index in [1.54, 1.807) is 0 Å². The first kappa shape index (κ1) is 28.8. The van der Waals surface area contributed by atoms with Gasteiger partial charge >= 0.3 is 0 Å². The Balaban J connectivity index is 1.33. The molecule has 0 bridgehead atoms. The van der Waals surface area contributed by atoms with Crippen LogP contribution in [0.5, 0.6) is 0 Å². The molecule has 0 amide bonds. The minimum absolute atomic E-state index is 0.813. The van der Waals surface area contributed by atoms with Gasteiger partial charge in [0.2, 0.25) is 0 Å². The van der Waals surface area contributed by atoms with E-state index < -0.39 is 0 Å². The van der Waals surface area contributed by atoms with Gasteiger partial charge in [-0.3, -0.25) is 4.57 Å². The lowest BCUT2D eigenvalue weighted by Gasteiger charge is -2.15. The molecule has 0 unspecified atom stereocenters. The second-order valence-corrected chi connectivity index (χ2v) is 13.4. The van der Waals surface area contributed by atoms with E-state index in [1.165, 1.54) is 49.0 Å². The van der Waals surface area contributed by atoms with Crippen molar-refractivity contribution in [2.75, 3.05) is 0 Å². The molecule has 0 fully saturated rings. The number of hydrogen-bond donors (Lipinski definition) is 0. The summed E-state index contributed by atoms with van der Waals surface area (Å²) >= 11 is 0. The summed E-state index contributed by atoms with van der Waals surface area (Å²) in [6.07, 6.45) is 0. The van der Waals surface area contributed by atoms with Gasteiger partial charge in [0.15, 0.2) is 5.82 Å². The van der Waals surface area contributed by atoms with Crippen molar-refractivity contribution in [2.45, 2.75) is 0 Å². The van der Waals surface area contributed by atoms with Crippen molar-refractivity contribution in [3.63, 3.8) is 0 Å². The first-order valence-electron chi connectivity index (χ1n) is 17.7. The lowest BCUT2D eigenvalue weighted by Crippen LogP contribution is -2.04. The Kier molecular flexibility index (Phi) is 6.22. The van der Waals surface area contributed by atoms with Crippen molar-refractivity contribution < 1.29 is 0 Å². The lowest BCUT2D eigenvalue weighted by atomic mass is 10.0. The first-order chi connectivity index (χ1) is 25.8. The molecule has 0 atom stereocenters. The summed E-state index contributed by atoms with van der Waals surface area (Å²) in [5.41, 5.74) is 11.6. The van der Waals surface area contributed by atoms with Gasteiger partial charge in [0.25, 0.3) is 0 Å². The molecule has 0 aliphatic heterocycles. The van der Waals surface area contributed by atoms with Crippen LogP contribution in [-0.2, 0) is 0 Å². The van der Waals surface area contributed by atoms with Crippen molar-refractivity contribution in [3.05, 3.63) is 182 Å². The number of aromatic nitrogens is 4. The van der Waals surface area contributed by atoms with Gasteiger partial charge < -0.3 is 4.57 Å². The Bertz CT molecular complexity index is 3170. The highest BCUT2D eigenvalue weighted by atomic mass is 15.1. The third kappa shape index (κ3) is 4.21. The summed E-state index contributed by atoms with van der Waals surface area (Å²) in [6, 6.07) is 64.8. The number of benzene rings is 8. The maximum atomic E-state index is 5.39. The topological polar surface area (TPSA) is 35.6 Å². The summed E-state index contributed by atoms with van der Waals surface area (Å²) in [6.45, 7) is 0. The zero-order chi connectivity index (χ0) is 34.2. The second kappa shape index (κ2) is 11.2. The lowest BCUT2D eigenvalue weighted by molar-refractivity contribution is 1.08. The van der Waals surface area contributed by atoms with Crippen LogP contribution in [0.1, 0.15) is 0 Å². The molecule has 8 aromatic carbocycles. The maximum absolute atomic E-state index is 5.39. The van der Waals surface area contributed by atoms with Crippen molar-refractivity contribution in [1.82, 2.24) is 19.1 Å². The number of rotatable bonds is 4. The van der Waals surface area contributed by atoms with Gasteiger partial charge in [0, 0.05) is 32.7 Å². The summed E-state index contributed by atoms with van der Waals surface area (Å²) < 4.78 is 4.79. The molecule has 3 heterocycles. The fourth-order valence-electron chi connectivity index (χ4n) is 8.20. The van der Waals surface area contributed by atoms with Crippen LogP contribution >= 0.6 is 0 Å². The predicted molar refractivity (Wildman–Crippen MR) is 217 cm³/mol. The standard InChI is InChI=1S/C48H30N4/c1-3-15-31(16-4-1)34-20-9-13-25-41(34)51-43-28-27-32-17-7-8-21-35(32)46(43)38-29-37-36-22-10-14-26-42(36)52(44(37)30-45(38)51)48-47(33-18-5-2-6-19-33)49-39-23-11-12-24-40(39)50-48/h1-30H. The van der Waals surface area contributed by atoms with E-state index in [0.29, 0.717) is 0 Å². The molecule has 0 saturated carbocycles. The highest BCUT2D eigenvalue weighted by Crippen LogP contribution is 2.44. The normalized spacial score (nSPS) is 11.8. The minimum atomic E-state index is 0.813. The molecule has 0 N–H and O–H groups in total. The Morgan fingerprint density at radius 3 is 1.83 bits per heavy atom. The molecule has 0 aliphatic rings. The van der Waals surface area contributed by atoms with Crippen molar-refractivity contribution in [1.29, 1.82) is 0 Å². The number of fused-ring (bicyclic) bond motifs is 9. The van der Waals surface area contributed by atoms with Crippen LogP contribution in [0.2, 0.25) is 0 Å². The fraction of sp³-hybridized carbons (Fsp3) is 0. The van der Waals surface area contributed by atoms with E-state index >= 15 is 0 Å². The Labute approximate surface area is 299 Å². The molecular weight excluding hydrogens is 633 g/mol. The van der Waals surface area contributed by atoms with Crippen LogP contribution in [0.4, 0.5) is 0 Å². The Morgan fingerprint density at radius 2 is 1.00 bits per heavy atom. The molecule has 3 aromatic heterocycles. The van der Waals surface area contributed by atoms with E-state index in [4.69, 9.17) is 9.97 Å². The van der Waals surface area contributed by atoms with E-state index in [2.05, 4.69) is 167 Å². The van der Waals surface area contributed by atoms with Gasteiger partial charge in [0.1, 0.15) is 5.69 Å². The summed E-state index contributed by atoms with van der Waals surface area (Å²) in [4.78, 5) is 10.7. The van der Waals surface area contributed by atoms with Crippen molar-refractivity contribution >= 4 is 65.4 Å². The number of hydrogen-bond acceptors (Lipinski definition) is 2. The molecule has 4 nitrogen and oxygen atoms in total. The third-order valence-electron chi connectivity index (χ3n) is 10.5. The van der Waals surface area contributed by atoms with Gasteiger partial charge in [-0.15, -0.1) is 0 Å². The minimum Gasteiger partial charge on any atom is -0.309 e. The van der Waals surface area contributed by atoms with Gasteiger partial charge in [-0.25, -0.2) is 9.97 Å². The Hall–Kier alpha value is -7.04. The van der Waals surface area contributed by atoms with Gasteiger partial charge in [0.05, 0.1) is 38.8 Å². The van der Waals surface area contributed by atoms with E-state index in [1.807, 2.05) is 24.3 Å². The van der Waals surface area contributed by atoms with Gasteiger partial charge in [-0.1, -0.05) is 140 Å². The number of nitrogens with zero attached hydrogens (tertiary/aromatic N) is 4. The van der Waals surface area contributed by atoms with E-state index in [-0.39, 0.29) is 0 Å². The summed E-state index contributed by atoms with van der Waals surface area (Å²) in [5, 5.41) is 7.31. The monoisotopic (exact) mass is 662 g/mol. The second-order valence-electron chi connectivity index (χ2n) is 13.4. The highest BCUT2D eigenvalue weighted by molar-refractivity contribution is 6.25. The zero-order valence-electron chi connectivity index (χ0n) is 28.1. The Morgan fingerprint density at radius 1 is 0.365 bits per heavy atom. The van der Waals surface area contributed by atoms with Crippen LogP contribution < -0.4 is 0 Å². The van der Waals surface area contributed by atoms with Crippen molar-refractivity contribution in [3.8, 4) is 33.9 Å². The SMILES string of the molecule is c1ccc(-c2ccccc2-n2c3cc4c(cc3c3c5ccccc5ccc32)c2ccccc2n4-c2nc3ccccc3nc2-c2ccccc2)cc1.